The molecule has 0 aliphatic carbocycles. The summed E-state index contributed by atoms with van der Waals surface area (Å²) in [6.07, 6.45) is 7.01. The molecule has 1 atom stereocenters. The summed E-state index contributed by atoms with van der Waals surface area (Å²) in [4.78, 5) is 24.7. The fourth-order valence-electron chi connectivity index (χ4n) is 3.27. The van der Waals surface area contributed by atoms with Crippen LogP contribution in [-0.4, -0.2) is 42.8 Å². The van der Waals surface area contributed by atoms with E-state index in [1.54, 1.807) is 36.8 Å². The third-order valence-corrected chi connectivity index (χ3v) is 6.04. The summed E-state index contributed by atoms with van der Waals surface area (Å²) < 4.78 is 25.4. The van der Waals surface area contributed by atoms with Crippen molar-refractivity contribution in [3.63, 3.8) is 0 Å². The van der Waals surface area contributed by atoms with Crippen molar-refractivity contribution in [1.82, 2.24) is 24.8 Å². The predicted octanol–water partition coefficient (Wildman–Crippen LogP) is 2.55. The van der Waals surface area contributed by atoms with Crippen LogP contribution in [0.2, 0.25) is 0 Å². The standard InChI is InChI=1S/C21H21N5O3S/c1-26-10-8-17-19(26)11-18(14-3-5-16(6-4-14)30(2,28)29)25-20(17)21(27)23-9-7-15-12-22-13-24-15/h3-6,8,10-13H,7,9H2,1-2H3,(H2-,22,23,24,27,28,29). The molecule has 4 aromatic rings. The lowest BCUT2D eigenvalue weighted by Crippen LogP contribution is -2.27. The monoisotopic (exact) mass is 423 g/mol. The molecule has 0 bridgehead atoms. The normalized spacial score (nSPS) is 13.3. The lowest BCUT2D eigenvalue weighted by molar-refractivity contribution is 0.0951. The third kappa shape index (κ3) is 4.03. The van der Waals surface area contributed by atoms with Gasteiger partial charge >= 0.3 is 0 Å². The second-order valence-corrected chi connectivity index (χ2v) is 9.11. The lowest BCUT2D eigenvalue weighted by Gasteiger charge is -2.11. The summed E-state index contributed by atoms with van der Waals surface area (Å²) in [6, 6.07) is 10.3. The number of pyridine rings is 1. The summed E-state index contributed by atoms with van der Waals surface area (Å²) in [7, 11) is -1.38. The molecule has 8 nitrogen and oxygen atoms in total. The van der Waals surface area contributed by atoms with Crippen molar-refractivity contribution in [2.75, 3.05) is 12.8 Å². The van der Waals surface area contributed by atoms with Crippen LogP contribution < -0.4 is 5.32 Å². The van der Waals surface area contributed by atoms with E-state index in [1.807, 2.05) is 29.9 Å². The van der Waals surface area contributed by atoms with Gasteiger partial charge in [0.15, 0.2) is 4.90 Å². The number of amides is 1. The Morgan fingerprint density at radius 2 is 2.03 bits per heavy atom. The summed E-state index contributed by atoms with van der Waals surface area (Å²) in [5, 5.41) is 3.67. The molecule has 2 N–H and O–H groups in total. The minimum atomic E-state index is -3.28. The molecule has 0 aliphatic rings. The Labute approximate surface area is 174 Å². The van der Waals surface area contributed by atoms with E-state index in [9.17, 15) is 13.6 Å². The van der Waals surface area contributed by atoms with E-state index in [2.05, 4.69) is 20.3 Å². The zero-order valence-electron chi connectivity index (χ0n) is 16.6. The maximum Gasteiger partial charge on any atom is 0.270 e. The minimum Gasteiger partial charge on any atom is -0.610 e. The highest BCUT2D eigenvalue weighted by molar-refractivity contribution is 7.97. The number of nitrogens with zero attached hydrogens (tertiary/aromatic N) is 3. The van der Waals surface area contributed by atoms with Gasteiger partial charge in [0.25, 0.3) is 5.91 Å². The van der Waals surface area contributed by atoms with Gasteiger partial charge in [0, 0.05) is 49.1 Å². The van der Waals surface area contributed by atoms with Crippen molar-refractivity contribution in [1.29, 1.82) is 0 Å². The molecule has 0 saturated heterocycles. The fraction of sp³-hybridized carbons (Fsp3) is 0.190. The number of hydrogen-bond donors (Lipinski definition) is 2. The van der Waals surface area contributed by atoms with Gasteiger partial charge in [-0.05, 0) is 36.4 Å². The predicted molar refractivity (Wildman–Crippen MR) is 114 cm³/mol. The number of carbonyl (C=O) groups is 1. The van der Waals surface area contributed by atoms with Gasteiger partial charge in [-0.1, -0.05) is 0 Å². The highest BCUT2D eigenvalue weighted by Crippen LogP contribution is 2.27. The maximum atomic E-state index is 12.9. The summed E-state index contributed by atoms with van der Waals surface area (Å²) >= 11 is 0. The second kappa shape index (κ2) is 7.85. The zero-order chi connectivity index (χ0) is 21.3. The number of sulfone groups is 1. The molecule has 3 aromatic heterocycles. The van der Waals surface area contributed by atoms with Crippen LogP contribution in [0.15, 0.2) is 60.0 Å². The maximum absolute atomic E-state index is 12.9. The first-order valence-corrected chi connectivity index (χ1v) is 11.2. The Bertz CT molecular complexity index is 1240. The highest BCUT2D eigenvalue weighted by atomic mass is 32.3. The highest BCUT2D eigenvalue weighted by Gasteiger charge is 2.17. The number of aromatic nitrogens is 4. The SMILES string of the molecule is Cn1ccc2c(C(=O)NCCc3cnc[nH]3)nc(-c3ccc([S+](C)(=O)[O-])cc3)cc21. The number of rotatable bonds is 6. The van der Waals surface area contributed by atoms with Crippen LogP contribution in [0.3, 0.4) is 0 Å². The molecule has 9 heteroatoms. The van der Waals surface area contributed by atoms with Crippen LogP contribution in [0.5, 0.6) is 0 Å². The van der Waals surface area contributed by atoms with Gasteiger partial charge in [-0.25, -0.2) is 9.97 Å². The molecule has 0 radical (unpaired) electrons. The van der Waals surface area contributed by atoms with Gasteiger partial charge in [-0.15, -0.1) is 4.21 Å². The van der Waals surface area contributed by atoms with Crippen LogP contribution in [0.1, 0.15) is 16.2 Å². The van der Waals surface area contributed by atoms with Gasteiger partial charge in [0.1, 0.15) is 11.9 Å². The molecule has 1 amide bonds. The first-order chi connectivity index (χ1) is 14.3. The molecule has 154 valence electrons. The van der Waals surface area contributed by atoms with Gasteiger partial charge in [-0.2, -0.15) is 0 Å². The molecule has 1 aromatic carbocycles. The van der Waals surface area contributed by atoms with Gasteiger partial charge in [0.05, 0.1) is 27.8 Å². The van der Waals surface area contributed by atoms with E-state index in [-0.39, 0.29) is 10.8 Å². The second-order valence-electron chi connectivity index (χ2n) is 7.09. The zero-order valence-corrected chi connectivity index (χ0v) is 17.4. The molecule has 1 unspecified atom stereocenters. The van der Waals surface area contributed by atoms with Gasteiger partial charge < -0.3 is 19.4 Å². The number of benzene rings is 1. The van der Waals surface area contributed by atoms with Crippen molar-refractivity contribution in [3.05, 3.63) is 66.5 Å². The van der Waals surface area contributed by atoms with Crippen LogP contribution in [0.4, 0.5) is 0 Å². The molecule has 30 heavy (non-hydrogen) atoms. The van der Waals surface area contributed by atoms with Crippen molar-refractivity contribution in [3.8, 4) is 11.3 Å². The van der Waals surface area contributed by atoms with E-state index in [0.717, 1.165) is 22.2 Å². The smallest absolute Gasteiger partial charge is 0.270 e. The number of hydrogen-bond acceptors (Lipinski definition) is 5. The van der Waals surface area contributed by atoms with Crippen LogP contribution in [0.25, 0.3) is 22.2 Å². The van der Waals surface area contributed by atoms with Gasteiger partial charge in [0.2, 0.25) is 0 Å². The number of H-pyrrole nitrogens is 1. The van der Waals surface area contributed by atoms with Crippen molar-refractivity contribution in [2.45, 2.75) is 11.3 Å². The average Bonchev–Trinajstić information content (AvgIpc) is 3.37. The number of aryl methyl sites for hydroxylation is 1. The summed E-state index contributed by atoms with van der Waals surface area (Å²) in [5.74, 6) is -0.264. The van der Waals surface area contributed by atoms with E-state index in [1.165, 1.54) is 6.26 Å². The molecule has 0 saturated carbocycles. The summed E-state index contributed by atoms with van der Waals surface area (Å²) in [5.41, 5.74) is 3.47. The molecular formula is C21H21N5O3S. The van der Waals surface area contributed by atoms with Crippen molar-refractivity contribution in [2.24, 2.45) is 7.05 Å². The van der Waals surface area contributed by atoms with Crippen molar-refractivity contribution < 1.29 is 13.6 Å². The van der Waals surface area contributed by atoms with E-state index < -0.39 is 10.2 Å². The van der Waals surface area contributed by atoms with Crippen molar-refractivity contribution >= 4 is 27.0 Å². The number of carbonyl (C=O) groups excluding carboxylic acids is 1. The third-order valence-electron chi connectivity index (χ3n) is 4.91. The first kappa shape index (κ1) is 20.0. The molecule has 4 rings (SSSR count). The van der Waals surface area contributed by atoms with Gasteiger partial charge in [-0.3, -0.25) is 4.79 Å². The van der Waals surface area contributed by atoms with Crippen LogP contribution in [0, 0.1) is 0 Å². The van der Waals surface area contributed by atoms with E-state index in [0.29, 0.717) is 24.4 Å². The molecule has 3 heterocycles. The lowest BCUT2D eigenvalue weighted by atomic mass is 10.1. The average molecular weight is 423 g/mol. The number of aromatic amines is 1. The fourth-order valence-corrected chi connectivity index (χ4v) is 3.90. The Balaban J connectivity index is 1.66. The number of imidazole rings is 1. The molecule has 0 spiro atoms. The largest absolute Gasteiger partial charge is 0.610 e. The topological polar surface area (TPSA) is 116 Å². The Morgan fingerprint density at radius 1 is 1.27 bits per heavy atom. The minimum absolute atomic E-state index is 0.239. The summed E-state index contributed by atoms with van der Waals surface area (Å²) in [6.45, 7) is 0.449. The van der Waals surface area contributed by atoms with Crippen LogP contribution in [-0.2, 0) is 27.9 Å². The Hall–Kier alpha value is -3.30. The first-order valence-electron chi connectivity index (χ1n) is 9.35. The Kier molecular flexibility index (Phi) is 5.23. The molecule has 0 aliphatic heterocycles. The quantitative estimate of drug-likeness (QED) is 0.463. The van der Waals surface area contributed by atoms with Crippen LogP contribution >= 0.6 is 0 Å². The van der Waals surface area contributed by atoms with E-state index in [4.69, 9.17) is 0 Å². The molecular weight excluding hydrogens is 402 g/mol. The molecule has 0 fully saturated rings. The van der Waals surface area contributed by atoms with E-state index >= 15 is 0 Å². The number of nitrogens with one attached hydrogen (secondary N) is 2. The number of fused-ring (bicyclic) bond motifs is 1. The Morgan fingerprint density at radius 3 is 2.70 bits per heavy atom.